The molecule has 0 radical (unpaired) electrons. The standard InChI is InChI=1S/C14H19N3O4/c1-8-4-9(2)13(17(19)20)5-11(8)16-14(18)10-6-21-7-12(10)15-3/h4-5,10,12,15H,6-7H2,1-3H3,(H,16,18). The highest BCUT2D eigenvalue weighted by molar-refractivity contribution is 5.94. The van der Waals surface area contributed by atoms with Crippen LogP contribution >= 0.6 is 0 Å². The van der Waals surface area contributed by atoms with E-state index in [9.17, 15) is 14.9 Å². The van der Waals surface area contributed by atoms with E-state index in [2.05, 4.69) is 10.6 Å². The summed E-state index contributed by atoms with van der Waals surface area (Å²) in [4.78, 5) is 22.8. The van der Waals surface area contributed by atoms with Crippen LogP contribution < -0.4 is 10.6 Å². The number of carbonyl (C=O) groups is 1. The summed E-state index contributed by atoms with van der Waals surface area (Å²) in [6.07, 6.45) is 0. The lowest BCUT2D eigenvalue weighted by Crippen LogP contribution is -2.39. The first-order valence-electron chi connectivity index (χ1n) is 6.75. The van der Waals surface area contributed by atoms with Crippen LogP contribution in [0, 0.1) is 29.9 Å². The van der Waals surface area contributed by atoms with Gasteiger partial charge in [-0.15, -0.1) is 0 Å². The summed E-state index contributed by atoms with van der Waals surface area (Å²) in [5.41, 5.74) is 1.85. The van der Waals surface area contributed by atoms with E-state index in [1.807, 2.05) is 6.92 Å². The van der Waals surface area contributed by atoms with Crippen LogP contribution in [0.4, 0.5) is 11.4 Å². The minimum atomic E-state index is -0.445. The van der Waals surface area contributed by atoms with Gasteiger partial charge in [0.05, 0.1) is 29.7 Å². The number of nitrogens with one attached hydrogen (secondary N) is 2. The third-order valence-corrected chi connectivity index (χ3v) is 3.79. The quantitative estimate of drug-likeness (QED) is 0.646. The van der Waals surface area contributed by atoms with E-state index in [4.69, 9.17) is 4.74 Å². The zero-order chi connectivity index (χ0) is 15.6. The van der Waals surface area contributed by atoms with Crippen molar-refractivity contribution in [2.45, 2.75) is 19.9 Å². The average Bonchev–Trinajstić information content (AvgIpc) is 2.89. The van der Waals surface area contributed by atoms with Crippen LogP contribution in [0.2, 0.25) is 0 Å². The molecule has 21 heavy (non-hydrogen) atoms. The number of anilines is 1. The van der Waals surface area contributed by atoms with E-state index >= 15 is 0 Å². The number of nitro benzene ring substituents is 1. The lowest BCUT2D eigenvalue weighted by molar-refractivity contribution is -0.385. The first-order chi connectivity index (χ1) is 9.93. The Hall–Kier alpha value is -1.99. The van der Waals surface area contributed by atoms with Crippen molar-refractivity contribution in [3.8, 4) is 0 Å². The average molecular weight is 293 g/mol. The molecule has 0 bridgehead atoms. The molecule has 2 N–H and O–H groups in total. The van der Waals surface area contributed by atoms with Gasteiger partial charge in [0, 0.05) is 17.7 Å². The molecule has 1 aliphatic heterocycles. The molecule has 1 aromatic rings. The first kappa shape index (κ1) is 15.4. The molecule has 2 atom stereocenters. The molecule has 0 spiro atoms. The van der Waals surface area contributed by atoms with E-state index in [-0.39, 0.29) is 23.6 Å². The third kappa shape index (κ3) is 3.20. The van der Waals surface area contributed by atoms with Crippen LogP contribution in [0.15, 0.2) is 12.1 Å². The SMILES string of the molecule is CNC1COCC1C(=O)Nc1cc([N+](=O)[O-])c(C)cc1C. The number of hydrogen-bond acceptors (Lipinski definition) is 5. The van der Waals surface area contributed by atoms with Crippen molar-refractivity contribution >= 4 is 17.3 Å². The number of aryl methyl sites for hydroxylation is 2. The van der Waals surface area contributed by atoms with Crippen molar-refractivity contribution in [2.75, 3.05) is 25.6 Å². The van der Waals surface area contributed by atoms with Crippen LogP contribution in [-0.4, -0.2) is 37.1 Å². The lowest BCUT2D eigenvalue weighted by Gasteiger charge is -2.17. The largest absolute Gasteiger partial charge is 0.379 e. The Labute approximate surface area is 122 Å². The summed E-state index contributed by atoms with van der Waals surface area (Å²) < 4.78 is 5.30. The van der Waals surface area contributed by atoms with E-state index < -0.39 is 4.92 Å². The van der Waals surface area contributed by atoms with Crippen LogP contribution in [0.5, 0.6) is 0 Å². The second-order valence-corrected chi connectivity index (χ2v) is 5.24. The number of likely N-dealkylation sites (N-methyl/N-ethyl adjacent to an activating group) is 1. The fourth-order valence-electron chi connectivity index (χ4n) is 2.49. The van der Waals surface area contributed by atoms with Gasteiger partial charge in [-0.05, 0) is 32.5 Å². The normalized spacial score (nSPS) is 21.3. The monoisotopic (exact) mass is 293 g/mol. The molecule has 7 nitrogen and oxygen atoms in total. The maximum absolute atomic E-state index is 12.3. The molecule has 114 valence electrons. The maximum atomic E-state index is 12.3. The van der Waals surface area contributed by atoms with Gasteiger partial charge in [0.25, 0.3) is 5.69 Å². The Morgan fingerprint density at radius 1 is 1.33 bits per heavy atom. The second kappa shape index (κ2) is 6.19. The molecular formula is C14H19N3O4. The molecule has 1 amide bonds. The Bertz CT molecular complexity index is 574. The highest BCUT2D eigenvalue weighted by Crippen LogP contribution is 2.27. The van der Waals surface area contributed by atoms with E-state index in [0.29, 0.717) is 24.5 Å². The maximum Gasteiger partial charge on any atom is 0.274 e. The number of benzene rings is 1. The van der Waals surface area contributed by atoms with Gasteiger partial charge in [-0.3, -0.25) is 14.9 Å². The molecular weight excluding hydrogens is 274 g/mol. The number of nitro groups is 1. The summed E-state index contributed by atoms with van der Waals surface area (Å²) in [7, 11) is 1.78. The topological polar surface area (TPSA) is 93.5 Å². The molecule has 1 fully saturated rings. The van der Waals surface area contributed by atoms with E-state index in [0.717, 1.165) is 5.56 Å². The number of carbonyl (C=O) groups excluding carboxylic acids is 1. The van der Waals surface area contributed by atoms with Gasteiger partial charge in [0.2, 0.25) is 5.91 Å². The van der Waals surface area contributed by atoms with Crippen molar-refractivity contribution in [3.63, 3.8) is 0 Å². The number of ether oxygens (including phenoxy) is 1. The van der Waals surface area contributed by atoms with Gasteiger partial charge in [-0.1, -0.05) is 0 Å². The fraction of sp³-hybridized carbons (Fsp3) is 0.500. The van der Waals surface area contributed by atoms with Gasteiger partial charge >= 0.3 is 0 Å². The van der Waals surface area contributed by atoms with Crippen LogP contribution in [-0.2, 0) is 9.53 Å². The van der Waals surface area contributed by atoms with Crippen molar-refractivity contribution in [2.24, 2.45) is 5.92 Å². The summed E-state index contributed by atoms with van der Waals surface area (Å²) in [6.45, 7) is 4.33. The Kier molecular flexibility index (Phi) is 4.54. The summed E-state index contributed by atoms with van der Waals surface area (Å²) in [5.74, 6) is -0.483. The van der Waals surface area contributed by atoms with Crippen LogP contribution in [0.25, 0.3) is 0 Å². The van der Waals surface area contributed by atoms with Crippen molar-refractivity contribution in [1.82, 2.24) is 5.32 Å². The second-order valence-electron chi connectivity index (χ2n) is 5.24. The number of nitrogens with zero attached hydrogens (tertiary/aromatic N) is 1. The van der Waals surface area contributed by atoms with E-state index in [1.54, 1.807) is 20.0 Å². The third-order valence-electron chi connectivity index (χ3n) is 3.79. The Morgan fingerprint density at radius 2 is 2.05 bits per heavy atom. The molecule has 1 heterocycles. The molecule has 2 unspecified atom stereocenters. The molecule has 0 saturated carbocycles. The Morgan fingerprint density at radius 3 is 2.67 bits per heavy atom. The number of rotatable bonds is 4. The van der Waals surface area contributed by atoms with Gasteiger partial charge in [0.15, 0.2) is 0 Å². The molecule has 1 aromatic carbocycles. The Balaban J connectivity index is 2.21. The highest BCUT2D eigenvalue weighted by Gasteiger charge is 2.33. The van der Waals surface area contributed by atoms with Gasteiger partial charge in [0.1, 0.15) is 0 Å². The lowest BCUT2D eigenvalue weighted by atomic mass is 10.0. The van der Waals surface area contributed by atoms with Crippen LogP contribution in [0.3, 0.4) is 0 Å². The van der Waals surface area contributed by atoms with Gasteiger partial charge < -0.3 is 15.4 Å². The summed E-state index contributed by atoms with van der Waals surface area (Å²) >= 11 is 0. The van der Waals surface area contributed by atoms with E-state index in [1.165, 1.54) is 6.07 Å². The molecule has 0 aliphatic carbocycles. The zero-order valence-corrected chi connectivity index (χ0v) is 12.3. The minimum Gasteiger partial charge on any atom is -0.379 e. The minimum absolute atomic E-state index is 0.00346. The van der Waals surface area contributed by atoms with Gasteiger partial charge in [-0.2, -0.15) is 0 Å². The van der Waals surface area contributed by atoms with Crippen molar-refractivity contribution in [3.05, 3.63) is 33.4 Å². The molecule has 1 saturated heterocycles. The van der Waals surface area contributed by atoms with Crippen molar-refractivity contribution < 1.29 is 14.5 Å². The summed E-state index contributed by atoms with van der Waals surface area (Å²) in [5, 5.41) is 16.8. The predicted molar refractivity (Wildman–Crippen MR) is 78.4 cm³/mol. The van der Waals surface area contributed by atoms with Gasteiger partial charge in [-0.25, -0.2) is 0 Å². The smallest absolute Gasteiger partial charge is 0.274 e. The zero-order valence-electron chi connectivity index (χ0n) is 12.3. The highest BCUT2D eigenvalue weighted by atomic mass is 16.6. The first-order valence-corrected chi connectivity index (χ1v) is 6.75. The molecule has 7 heteroatoms. The number of hydrogen-bond donors (Lipinski definition) is 2. The molecule has 0 aromatic heterocycles. The van der Waals surface area contributed by atoms with Crippen LogP contribution in [0.1, 0.15) is 11.1 Å². The fourth-order valence-corrected chi connectivity index (χ4v) is 2.49. The van der Waals surface area contributed by atoms with Crippen molar-refractivity contribution in [1.29, 1.82) is 0 Å². The molecule has 1 aliphatic rings. The summed E-state index contributed by atoms with van der Waals surface area (Å²) in [6, 6.07) is 3.08. The molecule has 2 rings (SSSR count). The predicted octanol–water partition coefficient (Wildman–Crippen LogP) is 1.38. The number of amides is 1.